The summed E-state index contributed by atoms with van der Waals surface area (Å²) in [6.07, 6.45) is 0. The molecular formula is C13H15N3O3. The molecule has 0 aliphatic heterocycles. The molecule has 0 aliphatic carbocycles. The highest BCUT2D eigenvalue weighted by Gasteiger charge is 2.03. The highest BCUT2D eigenvalue weighted by atomic mass is 16.5. The van der Waals surface area contributed by atoms with Gasteiger partial charge in [0.1, 0.15) is 11.5 Å². The second-order valence-electron chi connectivity index (χ2n) is 3.69. The van der Waals surface area contributed by atoms with Gasteiger partial charge in [-0.3, -0.25) is 0 Å². The molecule has 2 rings (SSSR count). The van der Waals surface area contributed by atoms with E-state index in [9.17, 15) is 0 Å². The minimum absolute atomic E-state index is 0.466. The summed E-state index contributed by atoms with van der Waals surface area (Å²) in [6, 6.07) is 8.98. The molecule has 1 N–H and O–H groups in total. The van der Waals surface area contributed by atoms with Gasteiger partial charge in [0.25, 0.3) is 0 Å². The number of methoxy groups -OCH3 is 3. The van der Waals surface area contributed by atoms with Crippen LogP contribution in [0.15, 0.2) is 30.3 Å². The van der Waals surface area contributed by atoms with Crippen LogP contribution in [0.5, 0.6) is 17.4 Å². The van der Waals surface area contributed by atoms with Crippen LogP contribution in [0, 0.1) is 0 Å². The third-order valence-corrected chi connectivity index (χ3v) is 2.47. The maximum atomic E-state index is 5.20. The van der Waals surface area contributed by atoms with E-state index in [0.29, 0.717) is 23.2 Å². The van der Waals surface area contributed by atoms with Gasteiger partial charge in [0.05, 0.1) is 21.3 Å². The zero-order valence-electron chi connectivity index (χ0n) is 11.0. The van der Waals surface area contributed by atoms with Crippen molar-refractivity contribution in [3.8, 4) is 17.4 Å². The molecule has 0 radical (unpaired) electrons. The minimum Gasteiger partial charge on any atom is -0.497 e. The summed E-state index contributed by atoms with van der Waals surface area (Å²) < 4.78 is 15.3. The van der Waals surface area contributed by atoms with E-state index in [2.05, 4.69) is 15.5 Å². The van der Waals surface area contributed by atoms with Crippen LogP contribution in [-0.4, -0.2) is 31.5 Å². The maximum Gasteiger partial charge on any atom is 0.233 e. The monoisotopic (exact) mass is 261 g/mol. The Bertz CT molecular complexity index is 521. The van der Waals surface area contributed by atoms with Gasteiger partial charge in [-0.2, -0.15) is 0 Å². The fraction of sp³-hybridized carbons (Fsp3) is 0.231. The number of ether oxygens (including phenoxy) is 3. The molecule has 0 unspecified atom stereocenters. The summed E-state index contributed by atoms with van der Waals surface area (Å²) in [6.45, 7) is 0. The first kappa shape index (κ1) is 12.9. The van der Waals surface area contributed by atoms with Gasteiger partial charge in [-0.05, 0) is 6.07 Å². The number of aromatic nitrogens is 2. The molecule has 100 valence electrons. The molecule has 6 heteroatoms. The van der Waals surface area contributed by atoms with Gasteiger partial charge < -0.3 is 19.5 Å². The molecule has 19 heavy (non-hydrogen) atoms. The molecule has 1 heterocycles. The summed E-state index contributed by atoms with van der Waals surface area (Å²) in [4.78, 5) is 0. The van der Waals surface area contributed by atoms with Gasteiger partial charge in [-0.15, -0.1) is 10.2 Å². The third-order valence-electron chi connectivity index (χ3n) is 2.47. The van der Waals surface area contributed by atoms with Gasteiger partial charge in [0.2, 0.25) is 5.88 Å². The van der Waals surface area contributed by atoms with Crippen LogP contribution in [0.3, 0.4) is 0 Å². The lowest BCUT2D eigenvalue weighted by atomic mass is 10.2. The van der Waals surface area contributed by atoms with E-state index >= 15 is 0 Å². The van der Waals surface area contributed by atoms with E-state index < -0.39 is 0 Å². The second-order valence-corrected chi connectivity index (χ2v) is 3.69. The number of hydrogen-bond donors (Lipinski definition) is 1. The minimum atomic E-state index is 0.466. The van der Waals surface area contributed by atoms with E-state index in [-0.39, 0.29) is 0 Å². The highest BCUT2D eigenvalue weighted by Crippen LogP contribution is 2.27. The molecule has 0 saturated carbocycles. The first-order valence-electron chi connectivity index (χ1n) is 5.63. The lowest BCUT2D eigenvalue weighted by Crippen LogP contribution is -1.98. The van der Waals surface area contributed by atoms with Gasteiger partial charge in [-0.1, -0.05) is 0 Å². The molecule has 0 aliphatic rings. The van der Waals surface area contributed by atoms with Crippen molar-refractivity contribution >= 4 is 11.5 Å². The molecule has 0 saturated heterocycles. The fourth-order valence-corrected chi connectivity index (χ4v) is 1.52. The Balaban J connectivity index is 2.21. The molecule has 2 aromatic rings. The van der Waals surface area contributed by atoms with Crippen molar-refractivity contribution in [2.75, 3.05) is 26.6 Å². The average molecular weight is 261 g/mol. The Morgan fingerprint density at radius 3 is 2.00 bits per heavy atom. The van der Waals surface area contributed by atoms with E-state index in [1.54, 1.807) is 39.5 Å². The molecule has 1 aromatic carbocycles. The summed E-state index contributed by atoms with van der Waals surface area (Å²) in [5, 5.41) is 11.0. The number of anilines is 2. The Kier molecular flexibility index (Phi) is 4.02. The van der Waals surface area contributed by atoms with Crippen LogP contribution in [0.1, 0.15) is 0 Å². The van der Waals surface area contributed by atoms with Gasteiger partial charge in [-0.25, -0.2) is 0 Å². The van der Waals surface area contributed by atoms with Crippen LogP contribution in [0.25, 0.3) is 0 Å². The number of benzene rings is 1. The molecule has 0 bridgehead atoms. The van der Waals surface area contributed by atoms with Crippen LogP contribution < -0.4 is 19.5 Å². The van der Waals surface area contributed by atoms with Crippen LogP contribution in [-0.2, 0) is 0 Å². The number of hydrogen-bond acceptors (Lipinski definition) is 6. The number of nitrogens with one attached hydrogen (secondary N) is 1. The fourth-order valence-electron chi connectivity index (χ4n) is 1.52. The van der Waals surface area contributed by atoms with Crippen molar-refractivity contribution in [2.24, 2.45) is 0 Å². The normalized spacial score (nSPS) is 9.84. The lowest BCUT2D eigenvalue weighted by Gasteiger charge is -2.10. The Hall–Kier alpha value is -2.50. The second kappa shape index (κ2) is 5.90. The lowest BCUT2D eigenvalue weighted by molar-refractivity contribution is 0.392. The number of nitrogens with zero attached hydrogens (tertiary/aromatic N) is 2. The Labute approximate surface area is 111 Å². The summed E-state index contributed by atoms with van der Waals surface area (Å²) in [7, 11) is 4.75. The zero-order chi connectivity index (χ0) is 13.7. The van der Waals surface area contributed by atoms with Crippen LogP contribution in [0.2, 0.25) is 0 Å². The summed E-state index contributed by atoms with van der Waals surface area (Å²) >= 11 is 0. The molecule has 1 aromatic heterocycles. The predicted octanol–water partition coefficient (Wildman–Crippen LogP) is 2.25. The van der Waals surface area contributed by atoms with Crippen molar-refractivity contribution in [3.05, 3.63) is 30.3 Å². The standard InChI is InChI=1S/C13H15N3O3/c1-17-10-6-9(7-11(8-10)18-2)14-12-4-5-13(19-3)16-15-12/h4-8H,1-3H3,(H,14,15). The van der Waals surface area contributed by atoms with Crippen molar-refractivity contribution in [2.45, 2.75) is 0 Å². The topological polar surface area (TPSA) is 65.5 Å². The SMILES string of the molecule is COc1cc(Nc2ccc(OC)nn2)cc(OC)c1. The van der Waals surface area contributed by atoms with Crippen molar-refractivity contribution in [1.29, 1.82) is 0 Å². The Morgan fingerprint density at radius 2 is 1.53 bits per heavy atom. The van der Waals surface area contributed by atoms with Crippen molar-refractivity contribution in [3.63, 3.8) is 0 Å². The third kappa shape index (κ3) is 3.25. The van der Waals surface area contributed by atoms with Crippen molar-refractivity contribution < 1.29 is 14.2 Å². The molecule has 0 atom stereocenters. The van der Waals surface area contributed by atoms with E-state index in [1.807, 2.05) is 12.1 Å². The van der Waals surface area contributed by atoms with Gasteiger partial charge in [0, 0.05) is 30.0 Å². The number of rotatable bonds is 5. The van der Waals surface area contributed by atoms with E-state index in [4.69, 9.17) is 14.2 Å². The molecule has 6 nitrogen and oxygen atoms in total. The average Bonchev–Trinajstić information content (AvgIpc) is 2.47. The predicted molar refractivity (Wildman–Crippen MR) is 71.4 cm³/mol. The Morgan fingerprint density at radius 1 is 0.842 bits per heavy atom. The first-order chi connectivity index (χ1) is 9.25. The zero-order valence-corrected chi connectivity index (χ0v) is 11.0. The van der Waals surface area contributed by atoms with Crippen LogP contribution >= 0.6 is 0 Å². The van der Waals surface area contributed by atoms with Crippen LogP contribution in [0.4, 0.5) is 11.5 Å². The molecule has 0 amide bonds. The smallest absolute Gasteiger partial charge is 0.233 e. The molecule has 0 spiro atoms. The van der Waals surface area contributed by atoms with Gasteiger partial charge in [0.15, 0.2) is 5.82 Å². The molecular weight excluding hydrogens is 246 g/mol. The first-order valence-corrected chi connectivity index (χ1v) is 5.63. The molecule has 0 fully saturated rings. The summed E-state index contributed by atoms with van der Waals surface area (Å²) in [5.41, 5.74) is 0.802. The summed E-state index contributed by atoms with van der Waals surface area (Å²) in [5.74, 6) is 2.47. The van der Waals surface area contributed by atoms with Crippen molar-refractivity contribution in [1.82, 2.24) is 10.2 Å². The largest absolute Gasteiger partial charge is 0.497 e. The highest BCUT2D eigenvalue weighted by molar-refractivity contribution is 5.61. The van der Waals surface area contributed by atoms with Gasteiger partial charge >= 0.3 is 0 Å². The maximum absolute atomic E-state index is 5.20. The quantitative estimate of drug-likeness (QED) is 0.890. The van der Waals surface area contributed by atoms with E-state index in [1.165, 1.54) is 0 Å². The van der Waals surface area contributed by atoms with E-state index in [0.717, 1.165) is 5.69 Å².